The van der Waals surface area contributed by atoms with E-state index in [9.17, 15) is 0 Å². The van der Waals surface area contributed by atoms with Gasteiger partial charge < -0.3 is 4.74 Å². The van der Waals surface area contributed by atoms with E-state index in [0.717, 1.165) is 35.8 Å². The predicted octanol–water partition coefficient (Wildman–Crippen LogP) is 4.94. The van der Waals surface area contributed by atoms with E-state index in [1.807, 2.05) is 12.1 Å². The summed E-state index contributed by atoms with van der Waals surface area (Å²) >= 11 is 18.6. The van der Waals surface area contributed by atoms with E-state index in [4.69, 9.17) is 39.5 Å². The van der Waals surface area contributed by atoms with Gasteiger partial charge in [0.2, 0.25) is 0 Å². The Labute approximate surface area is 130 Å². The monoisotopic (exact) mass is 320 g/mol. The summed E-state index contributed by atoms with van der Waals surface area (Å²) in [5.74, 6) is 2.47. The van der Waals surface area contributed by atoms with Crippen molar-refractivity contribution in [2.24, 2.45) is 11.3 Å². The molecule has 0 atom stereocenters. The second-order valence-corrected chi connectivity index (χ2v) is 6.58. The van der Waals surface area contributed by atoms with Gasteiger partial charge in [-0.3, -0.25) is 0 Å². The molecule has 0 saturated heterocycles. The summed E-state index contributed by atoms with van der Waals surface area (Å²) in [7, 11) is 0. The van der Waals surface area contributed by atoms with E-state index in [-0.39, 0.29) is 5.41 Å². The van der Waals surface area contributed by atoms with E-state index in [1.54, 1.807) is 0 Å². The van der Waals surface area contributed by atoms with Gasteiger partial charge in [-0.05, 0) is 35.6 Å². The molecular weight excluding hydrogens is 303 g/mol. The molecule has 0 N–H and O–H groups in total. The third-order valence-electron chi connectivity index (χ3n) is 4.12. The minimum atomic E-state index is -0.118. The van der Waals surface area contributed by atoms with Crippen molar-refractivity contribution in [1.82, 2.24) is 0 Å². The summed E-state index contributed by atoms with van der Waals surface area (Å²) in [5.41, 5.74) is 2.22. The van der Waals surface area contributed by atoms with Crippen LogP contribution >= 0.6 is 34.8 Å². The lowest BCUT2D eigenvalue weighted by atomic mass is 9.75. The van der Waals surface area contributed by atoms with Crippen molar-refractivity contribution in [3.8, 4) is 5.75 Å². The fourth-order valence-corrected chi connectivity index (χ4v) is 3.85. The van der Waals surface area contributed by atoms with Gasteiger partial charge in [0.25, 0.3) is 0 Å². The number of fused-ring (bicyclic) bond motifs is 1. The zero-order valence-electron chi connectivity index (χ0n) is 11.3. The van der Waals surface area contributed by atoms with Crippen LogP contribution in [0.5, 0.6) is 5.75 Å². The third kappa shape index (κ3) is 2.99. The number of ether oxygens (including phenoxy) is 1. The van der Waals surface area contributed by atoms with Gasteiger partial charge in [0.15, 0.2) is 0 Å². The number of halogens is 3. The molecule has 0 amide bonds. The fraction of sp³-hybridized carbons (Fsp3) is 0.600. The molecule has 1 aromatic rings. The lowest BCUT2D eigenvalue weighted by molar-refractivity contribution is 0.254. The van der Waals surface area contributed by atoms with E-state index in [0.29, 0.717) is 17.7 Å². The molecule has 0 bridgehead atoms. The Kier molecular flexibility index (Phi) is 4.92. The first-order chi connectivity index (χ1) is 9.02. The summed E-state index contributed by atoms with van der Waals surface area (Å²) in [4.78, 5) is 0. The fourth-order valence-electron chi connectivity index (χ4n) is 2.50. The Morgan fingerprint density at radius 2 is 1.95 bits per heavy atom. The maximum Gasteiger partial charge on any atom is 0.125 e. The first-order valence-corrected chi connectivity index (χ1v) is 8.03. The minimum Gasteiger partial charge on any atom is -0.493 e. The Bertz CT molecular complexity index is 453. The summed E-state index contributed by atoms with van der Waals surface area (Å²) < 4.78 is 5.75. The molecule has 0 saturated carbocycles. The summed E-state index contributed by atoms with van der Waals surface area (Å²) in [5, 5.41) is 0.765. The zero-order chi connectivity index (χ0) is 14.0. The first kappa shape index (κ1) is 15.3. The Balaban J connectivity index is 2.37. The number of alkyl halides is 2. The Morgan fingerprint density at radius 1 is 1.26 bits per heavy atom. The maximum absolute atomic E-state index is 6.20. The molecule has 0 radical (unpaired) electrons. The van der Waals surface area contributed by atoms with Crippen LogP contribution in [0.15, 0.2) is 12.1 Å². The van der Waals surface area contributed by atoms with Gasteiger partial charge in [0.05, 0.1) is 6.61 Å². The lowest BCUT2D eigenvalue weighted by Gasteiger charge is -2.34. The first-order valence-electron chi connectivity index (χ1n) is 6.58. The second-order valence-electron chi connectivity index (χ2n) is 5.61. The van der Waals surface area contributed by atoms with Crippen molar-refractivity contribution in [2.75, 3.05) is 18.4 Å². The number of rotatable bonds is 5. The van der Waals surface area contributed by atoms with Crippen LogP contribution in [-0.2, 0) is 12.8 Å². The van der Waals surface area contributed by atoms with Crippen molar-refractivity contribution in [3.63, 3.8) is 0 Å². The highest BCUT2D eigenvalue weighted by Crippen LogP contribution is 2.40. The van der Waals surface area contributed by atoms with Gasteiger partial charge in [-0.2, -0.15) is 0 Å². The van der Waals surface area contributed by atoms with Crippen LogP contribution in [-0.4, -0.2) is 18.4 Å². The smallest absolute Gasteiger partial charge is 0.125 e. The topological polar surface area (TPSA) is 9.23 Å². The van der Waals surface area contributed by atoms with E-state index in [2.05, 4.69) is 13.8 Å². The van der Waals surface area contributed by atoms with Crippen LogP contribution in [0.3, 0.4) is 0 Å². The largest absolute Gasteiger partial charge is 0.493 e. The highest BCUT2D eigenvalue weighted by Gasteiger charge is 2.34. The average molecular weight is 322 g/mol. The second kappa shape index (κ2) is 6.11. The standard InChI is InChI=1S/C15H19Cl3O/c1-10(2)15(8-16,9-17)7-12-6-13(18)5-11-3-4-19-14(11)12/h5-6,10H,3-4,7-9H2,1-2H3. The summed E-state index contributed by atoms with van der Waals surface area (Å²) in [6.45, 7) is 5.06. The highest BCUT2D eigenvalue weighted by atomic mass is 35.5. The number of benzene rings is 1. The molecule has 0 unspecified atom stereocenters. The molecule has 106 valence electrons. The van der Waals surface area contributed by atoms with E-state index in [1.165, 1.54) is 5.56 Å². The van der Waals surface area contributed by atoms with Gasteiger partial charge in [-0.25, -0.2) is 0 Å². The normalized spacial score (nSPS) is 14.6. The Morgan fingerprint density at radius 3 is 2.53 bits per heavy atom. The predicted molar refractivity (Wildman–Crippen MR) is 83.1 cm³/mol. The molecule has 0 spiro atoms. The van der Waals surface area contributed by atoms with Gasteiger partial charge in [0, 0.05) is 28.6 Å². The van der Waals surface area contributed by atoms with Gasteiger partial charge in [0.1, 0.15) is 5.75 Å². The van der Waals surface area contributed by atoms with Gasteiger partial charge in [-0.15, -0.1) is 23.2 Å². The molecule has 1 aromatic carbocycles. The third-order valence-corrected chi connectivity index (χ3v) is 5.41. The Hall–Kier alpha value is -0.110. The number of hydrogen-bond acceptors (Lipinski definition) is 1. The maximum atomic E-state index is 6.20. The van der Waals surface area contributed by atoms with Crippen LogP contribution in [0.1, 0.15) is 25.0 Å². The van der Waals surface area contributed by atoms with Crippen molar-refractivity contribution < 1.29 is 4.74 Å². The van der Waals surface area contributed by atoms with E-state index < -0.39 is 0 Å². The van der Waals surface area contributed by atoms with Crippen LogP contribution in [0.4, 0.5) is 0 Å². The molecule has 2 rings (SSSR count). The number of hydrogen-bond donors (Lipinski definition) is 0. The highest BCUT2D eigenvalue weighted by molar-refractivity contribution is 6.30. The van der Waals surface area contributed by atoms with Crippen LogP contribution < -0.4 is 4.74 Å². The molecule has 0 aromatic heterocycles. The van der Waals surface area contributed by atoms with Crippen LogP contribution in [0.2, 0.25) is 5.02 Å². The molecule has 0 fully saturated rings. The molecule has 0 aliphatic carbocycles. The molecule has 19 heavy (non-hydrogen) atoms. The molecule has 1 heterocycles. The van der Waals surface area contributed by atoms with Crippen LogP contribution in [0, 0.1) is 11.3 Å². The van der Waals surface area contributed by atoms with Crippen molar-refractivity contribution in [3.05, 3.63) is 28.3 Å². The lowest BCUT2D eigenvalue weighted by Crippen LogP contribution is -2.34. The molecule has 1 aliphatic heterocycles. The summed E-state index contributed by atoms with van der Waals surface area (Å²) in [6.07, 6.45) is 1.74. The van der Waals surface area contributed by atoms with E-state index >= 15 is 0 Å². The van der Waals surface area contributed by atoms with Crippen LogP contribution in [0.25, 0.3) is 0 Å². The molecule has 1 nitrogen and oxygen atoms in total. The molecular formula is C15H19Cl3O. The van der Waals surface area contributed by atoms with Crippen molar-refractivity contribution >= 4 is 34.8 Å². The summed E-state index contributed by atoms with van der Waals surface area (Å²) in [6, 6.07) is 3.98. The molecule has 4 heteroatoms. The van der Waals surface area contributed by atoms with Gasteiger partial charge in [-0.1, -0.05) is 25.4 Å². The van der Waals surface area contributed by atoms with Crippen molar-refractivity contribution in [2.45, 2.75) is 26.7 Å². The zero-order valence-corrected chi connectivity index (χ0v) is 13.6. The molecule has 1 aliphatic rings. The quantitative estimate of drug-likeness (QED) is 0.698. The average Bonchev–Trinajstić information content (AvgIpc) is 2.83. The van der Waals surface area contributed by atoms with Gasteiger partial charge >= 0.3 is 0 Å². The van der Waals surface area contributed by atoms with Crippen molar-refractivity contribution in [1.29, 1.82) is 0 Å². The minimum absolute atomic E-state index is 0.118. The SMILES string of the molecule is CC(C)C(CCl)(CCl)Cc1cc(Cl)cc2c1OCC2.